The lowest BCUT2D eigenvalue weighted by molar-refractivity contribution is 0.485. The molecule has 0 bridgehead atoms. The van der Waals surface area contributed by atoms with Crippen LogP contribution in [0.15, 0.2) is 106 Å². The van der Waals surface area contributed by atoms with Crippen LogP contribution in [0.1, 0.15) is 36.1 Å². The summed E-state index contributed by atoms with van der Waals surface area (Å²) < 4.78 is 10.1. The minimum absolute atomic E-state index is 0.161. The Kier molecular flexibility index (Phi) is 6.30. The molecule has 3 aromatic carbocycles. The molecule has 34 heavy (non-hydrogen) atoms. The quantitative estimate of drug-likeness (QED) is 0.214. The topological polar surface area (TPSA) is 18.1 Å². The van der Waals surface area contributed by atoms with Crippen LogP contribution in [0.4, 0.5) is 0 Å². The van der Waals surface area contributed by atoms with Gasteiger partial charge >= 0.3 is 0 Å². The Bertz CT molecular complexity index is 1440. The second kappa shape index (κ2) is 9.52. The first-order chi connectivity index (χ1) is 16.6. The summed E-state index contributed by atoms with van der Waals surface area (Å²) in [7, 11) is 2.12. The van der Waals surface area contributed by atoms with Gasteiger partial charge in [0.15, 0.2) is 5.76 Å². The van der Waals surface area contributed by atoms with Crippen molar-refractivity contribution >= 4 is 26.8 Å². The number of hydrogen-bond donors (Lipinski definition) is 0. The van der Waals surface area contributed by atoms with E-state index in [9.17, 15) is 0 Å². The molecule has 0 aliphatic carbocycles. The van der Waals surface area contributed by atoms with E-state index < -0.39 is 0 Å². The van der Waals surface area contributed by atoms with Gasteiger partial charge in [0.1, 0.15) is 5.76 Å². The van der Waals surface area contributed by atoms with E-state index in [-0.39, 0.29) is 5.92 Å². The number of halogens is 1. The average Bonchev–Trinajstić information content (AvgIpc) is 3.38. The number of aromatic nitrogens is 1. The van der Waals surface area contributed by atoms with Crippen LogP contribution >= 0.6 is 15.9 Å². The second-order valence-electron chi connectivity index (χ2n) is 8.73. The molecule has 0 aliphatic heterocycles. The van der Waals surface area contributed by atoms with Crippen molar-refractivity contribution in [2.24, 2.45) is 7.05 Å². The Morgan fingerprint density at radius 1 is 0.941 bits per heavy atom. The summed E-state index contributed by atoms with van der Waals surface area (Å²) in [6, 6.07) is 32.0. The molecule has 5 aromatic rings. The molecule has 5 rings (SSSR count). The largest absolute Gasteiger partial charge is 0.458 e. The molecule has 0 spiro atoms. The Balaban J connectivity index is 1.83. The molecule has 1 unspecified atom stereocenters. The third-order valence-corrected chi connectivity index (χ3v) is 6.86. The van der Waals surface area contributed by atoms with Gasteiger partial charge in [-0.3, -0.25) is 0 Å². The molecule has 2 aromatic heterocycles. The molecule has 170 valence electrons. The molecular formula is C31H28BrNO. The molecule has 0 saturated heterocycles. The van der Waals surface area contributed by atoms with E-state index in [4.69, 9.17) is 4.42 Å². The van der Waals surface area contributed by atoms with Crippen molar-refractivity contribution in [2.75, 3.05) is 0 Å². The highest BCUT2D eigenvalue weighted by atomic mass is 79.9. The highest BCUT2D eigenvalue weighted by Gasteiger charge is 2.29. The summed E-state index contributed by atoms with van der Waals surface area (Å²) in [6.07, 6.45) is 1.65. The first-order valence-electron chi connectivity index (χ1n) is 11.7. The summed E-state index contributed by atoms with van der Waals surface area (Å²) in [5.41, 5.74) is 7.04. The van der Waals surface area contributed by atoms with Gasteiger partial charge in [-0.2, -0.15) is 0 Å². The summed E-state index contributed by atoms with van der Waals surface area (Å²) in [4.78, 5) is 0. The Morgan fingerprint density at radius 3 is 2.24 bits per heavy atom. The van der Waals surface area contributed by atoms with Crippen LogP contribution in [0.25, 0.3) is 33.5 Å². The van der Waals surface area contributed by atoms with Gasteiger partial charge in [-0.05, 0) is 34.2 Å². The fourth-order valence-electron chi connectivity index (χ4n) is 4.99. The van der Waals surface area contributed by atoms with E-state index in [1.165, 1.54) is 22.0 Å². The molecule has 0 amide bonds. The van der Waals surface area contributed by atoms with E-state index in [1.54, 1.807) is 0 Å². The maximum absolute atomic E-state index is 6.92. The van der Waals surface area contributed by atoms with Crippen molar-refractivity contribution in [1.82, 2.24) is 4.57 Å². The Labute approximate surface area is 209 Å². The highest BCUT2D eigenvalue weighted by Crippen LogP contribution is 2.46. The lowest BCUT2D eigenvalue weighted by Gasteiger charge is -2.15. The monoisotopic (exact) mass is 509 g/mol. The number of hydrogen-bond acceptors (Lipinski definition) is 1. The lowest BCUT2D eigenvalue weighted by atomic mass is 9.88. The zero-order chi connectivity index (χ0) is 23.7. The maximum Gasteiger partial charge on any atom is 0.158 e. The van der Waals surface area contributed by atoms with Crippen molar-refractivity contribution < 1.29 is 4.42 Å². The average molecular weight is 510 g/mol. The summed E-state index contributed by atoms with van der Waals surface area (Å²) in [5, 5.41) is 1.21. The smallest absolute Gasteiger partial charge is 0.158 e. The predicted molar refractivity (Wildman–Crippen MR) is 146 cm³/mol. The molecule has 2 nitrogen and oxygen atoms in total. The van der Waals surface area contributed by atoms with E-state index in [0.29, 0.717) is 6.42 Å². The van der Waals surface area contributed by atoms with Crippen LogP contribution in [0, 0.1) is 0 Å². The first kappa shape index (κ1) is 22.5. The minimum Gasteiger partial charge on any atom is -0.458 e. The molecule has 2 heterocycles. The molecule has 0 N–H and O–H groups in total. The zero-order valence-electron chi connectivity index (χ0n) is 19.6. The third-order valence-electron chi connectivity index (χ3n) is 6.58. The number of allylic oxidation sites excluding steroid dienone is 1. The van der Waals surface area contributed by atoms with Crippen molar-refractivity contribution in [1.29, 1.82) is 0 Å². The molecular weight excluding hydrogens is 482 g/mol. The molecule has 0 saturated carbocycles. The Morgan fingerprint density at radius 2 is 1.59 bits per heavy atom. The van der Waals surface area contributed by atoms with Gasteiger partial charge in [0.25, 0.3) is 0 Å². The molecule has 0 radical (unpaired) electrons. The molecule has 1 atom stereocenters. The Hall–Kier alpha value is -3.30. The van der Waals surface area contributed by atoms with Crippen molar-refractivity contribution in [3.05, 3.63) is 119 Å². The highest BCUT2D eigenvalue weighted by molar-refractivity contribution is 9.11. The predicted octanol–water partition coefficient (Wildman–Crippen LogP) is 9.10. The van der Waals surface area contributed by atoms with Crippen LogP contribution in [0.2, 0.25) is 0 Å². The van der Waals surface area contributed by atoms with Crippen LogP contribution in [0.3, 0.4) is 0 Å². The van der Waals surface area contributed by atoms with Gasteiger partial charge < -0.3 is 8.98 Å². The first-order valence-corrected chi connectivity index (χ1v) is 12.5. The SMILES string of the molecule is C=C(Br)Cc1c(C(CC)c2ccccc2)oc(-c2cc3ccccc3n2C)c1-c1ccccc1. The summed E-state index contributed by atoms with van der Waals surface area (Å²) >= 11 is 3.65. The number of nitrogens with zero attached hydrogens (tertiary/aromatic N) is 1. The number of para-hydroxylation sites is 1. The van der Waals surface area contributed by atoms with Crippen molar-refractivity contribution in [2.45, 2.75) is 25.7 Å². The van der Waals surface area contributed by atoms with Crippen molar-refractivity contribution in [3.8, 4) is 22.6 Å². The second-order valence-corrected chi connectivity index (χ2v) is 9.85. The number of aryl methyl sites for hydroxylation is 1. The molecule has 3 heteroatoms. The van der Waals surface area contributed by atoms with Gasteiger partial charge in [-0.1, -0.05) is 108 Å². The van der Waals surface area contributed by atoms with Crippen LogP contribution < -0.4 is 0 Å². The van der Waals surface area contributed by atoms with E-state index in [1.807, 2.05) is 0 Å². The molecule has 0 aliphatic rings. The lowest BCUT2D eigenvalue weighted by Crippen LogP contribution is -2.02. The molecule has 0 fully saturated rings. The van der Waals surface area contributed by atoms with Crippen LogP contribution in [-0.4, -0.2) is 4.57 Å². The summed E-state index contributed by atoms with van der Waals surface area (Å²) in [6.45, 7) is 6.42. The van der Waals surface area contributed by atoms with E-state index >= 15 is 0 Å². The van der Waals surface area contributed by atoms with Gasteiger partial charge in [-0.15, -0.1) is 0 Å². The number of furan rings is 1. The number of rotatable bonds is 7. The van der Waals surface area contributed by atoms with Crippen LogP contribution in [0.5, 0.6) is 0 Å². The van der Waals surface area contributed by atoms with Crippen LogP contribution in [-0.2, 0) is 13.5 Å². The zero-order valence-corrected chi connectivity index (χ0v) is 21.2. The minimum atomic E-state index is 0.161. The third kappa shape index (κ3) is 4.05. The normalized spacial score (nSPS) is 12.2. The van der Waals surface area contributed by atoms with Gasteiger partial charge in [0.2, 0.25) is 0 Å². The number of fused-ring (bicyclic) bond motifs is 1. The van der Waals surface area contributed by atoms with Crippen molar-refractivity contribution in [3.63, 3.8) is 0 Å². The number of benzene rings is 3. The van der Waals surface area contributed by atoms with Gasteiger partial charge in [0, 0.05) is 41.4 Å². The van der Waals surface area contributed by atoms with Gasteiger partial charge in [-0.25, -0.2) is 0 Å². The van der Waals surface area contributed by atoms with Gasteiger partial charge in [0.05, 0.1) is 5.69 Å². The van der Waals surface area contributed by atoms with E-state index in [0.717, 1.165) is 39.2 Å². The standard InChI is InChI=1S/C31H28BrNO/c1-4-25(22-13-7-5-8-14-22)30-26(19-21(2)32)29(23-15-9-6-10-16-23)31(34-30)28-20-24-17-11-12-18-27(24)33(28)3/h5-18,20,25H,2,4,19H2,1,3H3. The van der Waals surface area contributed by atoms with E-state index in [2.05, 4.69) is 132 Å². The summed E-state index contributed by atoms with van der Waals surface area (Å²) in [5.74, 6) is 2.10. The fraction of sp³-hybridized carbons (Fsp3) is 0.161. The maximum atomic E-state index is 6.92. The fourth-order valence-corrected chi connectivity index (χ4v) is 5.27.